The van der Waals surface area contributed by atoms with E-state index in [1.165, 1.54) is 0 Å². The highest BCUT2D eigenvalue weighted by atomic mass is 16.7. The molecule has 0 radical (unpaired) electrons. The molecule has 0 spiro atoms. The number of fused-ring (bicyclic) bond motifs is 1. The van der Waals surface area contributed by atoms with E-state index in [1.807, 2.05) is 0 Å². The molecule has 166 valence electrons. The molecule has 0 saturated carbocycles. The first-order chi connectivity index (χ1) is 15.6. The zero-order chi connectivity index (χ0) is 22.1. The Morgan fingerprint density at radius 3 is 2.94 bits per heavy atom. The van der Waals surface area contributed by atoms with Gasteiger partial charge in [0.05, 0.1) is 6.26 Å². The van der Waals surface area contributed by atoms with Crippen molar-refractivity contribution in [3.05, 3.63) is 48.2 Å². The van der Waals surface area contributed by atoms with Crippen LogP contribution in [-0.4, -0.2) is 34.4 Å². The largest absolute Gasteiger partial charge is 0.463 e. The van der Waals surface area contributed by atoms with Gasteiger partial charge in [-0.3, -0.25) is 14.9 Å². The van der Waals surface area contributed by atoms with Gasteiger partial charge in [-0.2, -0.15) is 5.10 Å². The zero-order valence-corrected chi connectivity index (χ0v) is 17.5. The maximum absolute atomic E-state index is 13.0. The normalized spacial score (nSPS) is 19.6. The number of rotatable bonds is 6. The van der Waals surface area contributed by atoms with Crippen molar-refractivity contribution < 1.29 is 23.5 Å². The molecule has 3 aromatic rings. The summed E-state index contributed by atoms with van der Waals surface area (Å²) in [7, 11) is 0. The monoisotopic (exact) mass is 437 g/mol. The minimum Gasteiger partial charge on any atom is -0.463 e. The van der Waals surface area contributed by atoms with E-state index in [1.54, 1.807) is 47.3 Å². The van der Waals surface area contributed by atoms with Gasteiger partial charge in [0.1, 0.15) is 11.5 Å². The molecular formula is C22H23N5O5. The molecule has 0 aliphatic carbocycles. The summed E-state index contributed by atoms with van der Waals surface area (Å²) >= 11 is 0. The highest BCUT2D eigenvalue weighted by Gasteiger charge is 2.29. The SMILES string of the molecule is CCCC1CC(=O)NC(n2nc(-c3ccco3)cc2NC(=O)c2ccc3c(c2)OCO3)N1. The van der Waals surface area contributed by atoms with Crippen LogP contribution >= 0.6 is 0 Å². The van der Waals surface area contributed by atoms with Crippen molar-refractivity contribution in [3.8, 4) is 23.0 Å². The molecule has 1 fully saturated rings. The van der Waals surface area contributed by atoms with Crippen LogP contribution in [0.15, 0.2) is 47.1 Å². The van der Waals surface area contributed by atoms with E-state index < -0.39 is 6.29 Å². The molecule has 2 aliphatic heterocycles. The first-order valence-corrected chi connectivity index (χ1v) is 10.5. The molecule has 0 bridgehead atoms. The molecular weight excluding hydrogens is 414 g/mol. The highest BCUT2D eigenvalue weighted by molar-refractivity contribution is 6.04. The van der Waals surface area contributed by atoms with E-state index in [9.17, 15) is 9.59 Å². The minimum atomic E-state index is -0.608. The summed E-state index contributed by atoms with van der Waals surface area (Å²) in [5, 5.41) is 13.8. The zero-order valence-electron chi connectivity index (χ0n) is 17.5. The quantitative estimate of drug-likeness (QED) is 0.542. The Hall–Kier alpha value is -3.79. The number of hydrogen-bond acceptors (Lipinski definition) is 7. The molecule has 3 N–H and O–H groups in total. The van der Waals surface area contributed by atoms with Crippen molar-refractivity contribution in [1.29, 1.82) is 0 Å². The molecule has 2 aromatic heterocycles. The number of nitrogens with zero attached hydrogens (tertiary/aromatic N) is 2. The molecule has 5 rings (SSSR count). The fraction of sp³-hybridized carbons (Fsp3) is 0.318. The second-order valence-corrected chi connectivity index (χ2v) is 7.69. The fourth-order valence-corrected chi connectivity index (χ4v) is 3.88. The predicted octanol–water partition coefficient (Wildman–Crippen LogP) is 2.86. The Labute approximate surface area is 183 Å². The Morgan fingerprint density at radius 1 is 1.25 bits per heavy atom. The maximum atomic E-state index is 13.0. The maximum Gasteiger partial charge on any atom is 0.256 e. The third kappa shape index (κ3) is 3.92. The van der Waals surface area contributed by atoms with Gasteiger partial charge in [-0.05, 0) is 36.8 Å². The lowest BCUT2D eigenvalue weighted by Gasteiger charge is -2.32. The van der Waals surface area contributed by atoms with Gasteiger partial charge in [-0.1, -0.05) is 13.3 Å². The second kappa shape index (κ2) is 8.39. The van der Waals surface area contributed by atoms with Crippen molar-refractivity contribution in [2.24, 2.45) is 0 Å². The van der Waals surface area contributed by atoms with E-state index in [2.05, 4.69) is 28.0 Å². The van der Waals surface area contributed by atoms with Crippen LogP contribution in [0, 0.1) is 0 Å². The molecule has 2 unspecified atom stereocenters. The first kappa shape index (κ1) is 20.1. The number of nitrogens with one attached hydrogen (secondary N) is 3. The second-order valence-electron chi connectivity index (χ2n) is 7.69. The van der Waals surface area contributed by atoms with Gasteiger partial charge >= 0.3 is 0 Å². The molecule has 1 aromatic carbocycles. The highest BCUT2D eigenvalue weighted by Crippen LogP contribution is 2.33. The summed E-state index contributed by atoms with van der Waals surface area (Å²) in [5.41, 5.74) is 0.940. The summed E-state index contributed by atoms with van der Waals surface area (Å²) in [4.78, 5) is 25.3. The van der Waals surface area contributed by atoms with E-state index in [0.717, 1.165) is 12.8 Å². The number of hydrogen-bond donors (Lipinski definition) is 3. The number of anilines is 1. The van der Waals surface area contributed by atoms with Crippen LogP contribution < -0.4 is 25.4 Å². The lowest BCUT2D eigenvalue weighted by atomic mass is 10.1. The van der Waals surface area contributed by atoms with Gasteiger partial charge in [0.15, 0.2) is 23.5 Å². The summed E-state index contributed by atoms with van der Waals surface area (Å²) in [6.07, 6.45) is 3.15. The van der Waals surface area contributed by atoms with Crippen molar-refractivity contribution in [2.75, 3.05) is 12.1 Å². The van der Waals surface area contributed by atoms with Gasteiger partial charge in [0.2, 0.25) is 12.7 Å². The molecule has 10 nitrogen and oxygen atoms in total. The molecule has 10 heteroatoms. The minimum absolute atomic E-state index is 0.0208. The summed E-state index contributed by atoms with van der Waals surface area (Å²) in [6.45, 7) is 2.20. The predicted molar refractivity (Wildman–Crippen MR) is 114 cm³/mol. The van der Waals surface area contributed by atoms with E-state index in [0.29, 0.717) is 40.8 Å². The van der Waals surface area contributed by atoms with Crippen LogP contribution in [0.3, 0.4) is 0 Å². The number of ether oxygens (including phenoxy) is 2. The number of furan rings is 1. The van der Waals surface area contributed by atoms with Gasteiger partial charge in [0.25, 0.3) is 5.91 Å². The average Bonchev–Trinajstić information content (AvgIpc) is 3.53. The van der Waals surface area contributed by atoms with E-state index in [4.69, 9.17) is 13.9 Å². The van der Waals surface area contributed by atoms with Crippen molar-refractivity contribution in [2.45, 2.75) is 38.5 Å². The summed E-state index contributed by atoms with van der Waals surface area (Å²) in [6, 6.07) is 10.3. The van der Waals surface area contributed by atoms with Crippen LogP contribution in [0.4, 0.5) is 5.82 Å². The number of carbonyl (C=O) groups excluding carboxylic acids is 2. The summed E-state index contributed by atoms with van der Waals surface area (Å²) in [5.74, 6) is 1.66. The fourth-order valence-electron chi connectivity index (χ4n) is 3.88. The van der Waals surface area contributed by atoms with Gasteiger partial charge in [-0.25, -0.2) is 4.68 Å². The van der Waals surface area contributed by atoms with E-state index >= 15 is 0 Å². The van der Waals surface area contributed by atoms with Crippen molar-refractivity contribution in [3.63, 3.8) is 0 Å². The van der Waals surface area contributed by atoms with Gasteiger partial charge in [-0.15, -0.1) is 0 Å². The van der Waals surface area contributed by atoms with Gasteiger partial charge < -0.3 is 24.5 Å². The number of carbonyl (C=O) groups is 2. The van der Waals surface area contributed by atoms with E-state index in [-0.39, 0.29) is 24.6 Å². The third-order valence-electron chi connectivity index (χ3n) is 5.39. The Kier molecular flexibility index (Phi) is 5.28. The lowest BCUT2D eigenvalue weighted by molar-refractivity contribution is -0.125. The Balaban J connectivity index is 1.45. The topological polar surface area (TPSA) is 120 Å². The van der Waals surface area contributed by atoms with Crippen LogP contribution in [0.1, 0.15) is 42.8 Å². The summed E-state index contributed by atoms with van der Waals surface area (Å²) < 4.78 is 17.7. The number of amides is 2. The van der Waals surface area contributed by atoms with Crippen LogP contribution in [-0.2, 0) is 4.79 Å². The molecule has 1 saturated heterocycles. The third-order valence-corrected chi connectivity index (χ3v) is 5.39. The van der Waals surface area contributed by atoms with Gasteiger partial charge in [0, 0.05) is 24.1 Å². The molecule has 4 heterocycles. The molecule has 2 atom stereocenters. The standard InChI is InChI=1S/C22H23N5O5/c1-2-4-14-10-20(28)25-22(23-14)27-19(11-15(26-27)16-5-3-8-30-16)24-21(29)13-6-7-17-18(9-13)32-12-31-17/h3,5-9,11,14,22-23H,2,4,10,12H2,1H3,(H,24,29)(H,25,28). The number of aromatic nitrogens is 2. The number of benzene rings is 1. The first-order valence-electron chi connectivity index (χ1n) is 10.5. The van der Waals surface area contributed by atoms with Crippen molar-refractivity contribution in [1.82, 2.24) is 20.4 Å². The molecule has 2 aliphatic rings. The lowest BCUT2D eigenvalue weighted by Crippen LogP contribution is -2.53. The smallest absolute Gasteiger partial charge is 0.256 e. The molecule has 32 heavy (non-hydrogen) atoms. The average molecular weight is 437 g/mol. The van der Waals surface area contributed by atoms with Crippen LogP contribution in [0.25, 0.3) is 11.5 Å². The Bertz CT molecular complexity index is 1140. The van der Waals surface area contributed by atoms with Crippen LogP contribution in [0.2, 0.25) is 0 Å². The van der Waals surface area contributed by atoms with Crippen molar-refractivity contribution >= 4 is 17.6 Å². The van der Waals surface area contributed by atoms with Crippen LogP contribution in [0.5, 0.6) is 11.5 Å². The molecule has 2 amide bonds. The Morgan fingerprint density at radius 2 is 2.12 bits per heavy atom.